The highest BCUT2D eigenvalue weighted by atomic mass is 16.6. The summed E-state index contributed by atoms with van der Waals surface area (Å²) < 4.78 is 11.3. The second-order valence-corrected chi connectivity index (χ2v) is 8.46. The minimum Gasteiger partial charge on any atom is -0.486 e. The van der Waals surface area contributed by atoms with Crippen LogP contribution in [-0.2, 0) is 10.2 Å². The molecule has 5 nitrogen and oxygen atoms in total. The van der Waals surface area contributed by atoms with E-state index >= 15 is 0 Å². The first-order valence-electron chi connectivity index (χ1n) is 9.81. The standard InChI is InChI=1S/C21H32N2O3/c1-20(2,16-6-7-17-18(12-16)26-11-10-25-17)15-23-19(24)13-21(14-22)8-4-3-5-9-21/h6-7,12H,3-5,8-11,13-15,22H2,1-2H3,(H,23,24). The number of nitrogens with one attached hydrogen (secondary N) is 1. The van der Waals surface area contributed by atoms with E-state index in [-0.39, 0.29) is 16.7 Å². The molecule has 5 heteroatoms. The molecule has 2 aliphatic rings. The fourth-order valence-corrected chi connectivity index (χ4v) is 4.04. The number of hydrogen-bond donors (Lipinski definition) is 2. The highest BCUT2D eigenvalue weighted by molar-refractivity contribution is 5.77. The first kappa shape index (κ1) is 19.0. The van der Waals surface area contributed by atoms with Gasteiger partial charge < -0.3 is 20.5 Å². The number of amides is 1. The van der Waals surface area contributed by atoms with Gasteiger partial charge in [-0.3, -0.25) is 4.79 Å². The van der Waals surface area contributed by atoms with Crippen molar-refractivity contribution in [3.05, 3.63) is 23.8 Å². The Bertz CT molecular complexity index is 636. The molecule has 1 aliphatic carbocycles. The second kappa shape index (κ2) is 7.87. The lowest BCUT2D eigenvalue weighted by atomic mass is 9.71. The Labute approximate surface area is 156 Å². The summed E-state index contributed by atoms with van der Waals surface area (Å²) in [6.07, 6.45) is 6.33. The number of fused-ring (bicyclic) bond motifs is 1. The monoisotopic (exact) mass is 360 g/mol. The Morgan fingerprint density at radius 1 is 1.15 bits per heavy atom. The van der Waals surface area contributed by atoms with Crippen LogP contribution < -0.4 is 20.5 Å². The molecule has 0 spiro atoms. The van der Waals surface area contributed by atoms with E-state index in [4.69, 9.17) is 15.2 Å². The lowest BCUT2D eigenvalue weighted by Gasteiger charge is -2.36. The van der Waals surface area contributed by atoms with Gasteiger partial charge in [-0.05, 0) is 42.5 Å². The highest BCUT2D eigenvalue weighted by Gasteiger charge is 2.33. The zero-order valence-corrected chi connectivity index (χ0v) is 16.1. The molecule has 1 aliphatic heterocycles. The summed E-state index contributed by atoms with van der Waals surface area (Å²) in [6, 6.07) is 6.05. The van der Waals surface area contributed by atoms with Gasteiger partial charge in [0, 0.05) is 18.4 Å². The van der Waals surface area contributed by atoms with Gasteiger partial charge in [-0.15, -0.1) is 0 Å². The Morgan fingerprint density at radius 2 is 1.85 bits per heavy atom. The van der Waals surface area contributed by atoms with E-state index in [0.29, 0.717) is 32.7 Å². The van der Waals surface area contributed by atoms with Crippen molar-refractivity contribution < 1.29 is 14.3 Å². The third-order valence-corrected chi connectivity index (χ3v) is 5.93. The zero-order valence-electron chi connectivity index (χ0n) is 16.1. The molecule has 1 fully saturated rings. The maximum atomic E-state index is 12.6. The third-order valence-electron chi connectivity index (χ3n) is 5.93. The fourth-order valence-electron chi connectivity index (χ4n) is 4.04. The molecule has 3 N–H and O–H groups in total. The lowest BCUT2D eigenvalue weighted by molar-refractivity contribution is -0.124. The minimum atomic E-state index is -0.187. The maximum Gasteiger partial charge on any atom is 0.220 e. The first-order valence-corrected chi connectivity index (χ1v) is 9.81. The molecule has 0 unspecified atom stereocenters. The van der Waals surface area contributed by atoms with E-state index in [0.717, 1.165) is 29.9 Å². The van der Waals surface area contributed by atoms with E-state index < -0.39 is 0 Å². The molecule has 26 heavy (non-hydrogen) atoms. The van der Waals surface area contributed by atoms with Crippen LogP contribution in [0.3, 0.4) is 0 Å². The quantitative estimate of drug-likeness (QED) is 0.817. The highest BCUT2D eigenvalue weighted by Crippen LogP contribution is 2.38. The molecule has 0 saturated heterocycles. The smallest absolute Gasteiger partial charge is 0.220 e. The largest absolute Gasteiger partial charge is 0.486 e. The van der Waals surface area contributed by atoms with Gasteiger partial charge in [0.25, 0.3) is 0 Å². The number of carbonyl (C=O) groups is 1. The molecular weight excluding hydrogens is 328 g/mol. The van der Waals surface area contributed by atoms with Crippen LogP contribution in [0.25, 0.3) is 0 Å². The predicted molar refractivity (Wildman–Crippen MR) is 103 cm³/mol. The SMILES string of the molecule is CC(C)(CNC(=O)CC1(CN)CCCCC1)c1ccc2c(c1)OCCO2. The summed E-state index contributed by atoms with van der Waals surface area (Å²) in [5.41, 5.74) is 6.97. The van der Waals surface area contributed by atoms with Gasteiger partial charge in [-0.2, -0.15) is 0 Å². The maximum absolute atomic E-state index is 12.6. The molecule has 1 aromatic carbocycles. The van der Waals surface area contributed by atoms with E-state index in [9.17, 15) is 4.79 Å². The number of benzene rings is 1. The van der Waals surface area contributed by atoms with Crippen LogP contribution in [0.2, 0.25) is 0 Å². The van der Waals surface area contributed by atoms with Crippen molar-refractivity contribution in [3.8, 4) is 11.5 Å². The molecule has 1 amide bonds. The van der Waals surface area contributed by atoms with Crippen LogP contribution in [0.1, 0.15) is 57.9 Å². The van der Waals surface area contributed by atoms with E-state index in [1.807, 2.05) is 12.1 Å². The van der Waals surface area contributed by atoms with Crippen molar-refractivity contribution in [1.82, 2.24) is 5.32 Å². The van der Waals surface area contributed by atoms with Gasteiger partial charge in [0.15, 0.2) is 11.5 Å². The molecule has 0 radical (unpaired) electrons. The zero-order chi connectivity index (χ0) is 18.6. The van der Waals surface area contributed by atoms with Crippen molar-refractivity contribution >= 4 is 5.91 Å². The van der Waals surface area contributed by atoms with E-state index in [2.05, 4.69) is 25.2 Å². The van der Waals surface area contributed by atoms with Crippen molar-refractivity contribution in [2.24, 2.45) is 11.1 Å². The van der Waals surface area contributed by atoms with Crippen LogP contribution >= 0.6 is 0 Å². The Balaban J connectivity index is 1.59. The number of carbonyl (C=O) groups excluding carboxylic acids is 1. The predicted octanol–water partition coefficient (Wildman–Crippen LogP) is 3.15. The normalized spacial score (nSPS) is 19.0. The minimum absolute atomic E-state index is 0.00345. The van der Waals surface area contributed by atoms with Crippen molar-refractivity contribution in [3.63, 3.8) is 0 Å². The average molecular weight is 360 g/mol. The van der Waals surface area contributed by atoms with Crippen LogP contribution in [0.15, 0.2) is 18.2 Å². The number of hydrogen-bond acceptors (Lipinski definition) is 4. The molecule has 0 atom stereocenters. The van der Waals surface area contributed by atoms with Crippen LogP contribution in [0.4, 0.5) is 0 Å². The second-order valence-electron chi connectivity index (χ2n) is 8.46. The summed E-state index contributed by atoms with van der Waals surface area (Å²) >= 11 is 0. The van der Waals surface area contributed by atoms with Crippen molar-refractivity contribution in [1.29, 1.82) is 0 Å². The summed E-state index contributed by atoms with van der Waals surface area (Å²) in [5, 5.41) is 3.14. The van der Waals surface area contributed by atoms with Gasteiger partial charge >= 0.3 is 0 Å². The summed E-state index contributed by atoms with van der Waals surface area (Å²) in [4.78, 5) is 12.6. The van der Waals surface area contributed by atoms with Gasteiger partial charge in [-0.25, -0.2) is 0 Å². The molecular formula is C21H32N2O3. The Hall–Kier alpha value is -1.75. The number of rotatable bonds is 6. The molecule has 0 aromatic heterocycles. The molecule has 1 saturated carbocycles. The summed E-state index contributed by atoms with van der Waals surface area (Å²) in [6.45, 7) is 6.64. The van der Waals surface area contributed by atoms with Crippen LogP contribution in [0, 0.1) is 5.41 Å². The molecule has 1 aromatic rings. The first-order chi connectivity index (χ1) is 12.4. The average Bonchev–Trinajstić information content (AvgIpc) is 2.67. The molecule has 144 valence electrons. The number of ether oxygens (including phenoxy) is 2. The van der Waals surface area contributed by atoms with Gasteiger partial charge in [-0.1, -0.05) is 39.2 Å². The van der Waals surface area contributed by atoms with Gasteiger partial charge in [0.2, 0.25) is 5.91 Å². The van der Waals surface area contributed by atoms with Gasteiger partial charge in [0.1, 0.15) is 13.2 Å². The molecule has 0 bridgehead atoms. The van der Waals surface area contributed by atoms with Crippen LogP contribution in [0.5, 0.6) is 11.5 Å². The van der Waals surface area contributed by atoms with E-state index in [1.165, 1.54) is 19.3 Å². The summed E-state index contributed by atoms with van der Waals surface area (Å²) in [5.74, 6) is 1.70. The molecule has 3 rings (SSSR count). The number of nitrogens with two attached hydrogens (primary N) is 1. The van der Waals surface area contributed by atoms with Crippen LogP contribution in [-0.4, -0.2) is 32.2 Å². The van der Waals surface area contributed by atoms with Crippen molar-refractivity contribution in [2.75, 3.05) is 26.3 Å². The Morgan fingerprint density at radius 3 is 2.54 bits per heavy atom. The fraction of sp³-hybridized carbons (Fsp3) is 0.667. The Kier molecular flexibility index (Phi) is 5.76. The molecule has 1 heterocycles. The van der Waals surface area contributed by atoms with Crippen molar-refractivity contribution in [2.45, 2.75) is 57.8 Å². The summed E-state index contributed by atoms with van der Waals surface area (Å²) in [7, 11) is 0. The van der Waals surface area contributed by atoms with Gasteiger partial charge in [0.05, 0.1) is 0 Å². The topological polar surface area (TPSA) is 73.6 Å². The third kappa shape index (κ3) is 4.32. The van der Waals surface area contributed by atoms with E-state index in [1.54, 1.807) is 0 Å². The lowest BCUT2D eigenvalue weighted by Crippen LogP contribution is -2.42.